The number of hydrogen-bond acceptors (Lipinski definition) is 7. The van der Waals surface area contributed by atoms with Gasteiger partial charge in [0.15, 0.2) is 5.79 Å². The Morgan fingerprint density at radius 1 is 1.11 bits per heavy atom. The molecular formula is C29H46O6S. The Bertz CT molecular complexity index is 860. The lowest BCUT2D eigenvalue weighted by Crippen LogP contribution is -2.60. The van der Waals surface area contributed by atoms with Crippen molar-refractivity contribution in [2.45, 2.75) is 116 Å². The maximum Gasteiger partial charge on any atom is 0.302 e. The van der Waals surface area contributed by atoms with Crippen LogP contribution in [0.2, 0.25) is 0 Å². The molecule has 6 nitrogen and oxygen atoms in total. The van der Waals surface area contributed by atoms with E-state index in [1.54, 1.807) is 5.57 Å². The highest BCUT2D eigenvalue weighted by molar-refractivity contribution is 7.99. The van der Waals surface area contributed by atoms with Crippen LogP contribution in [-0.4, -0.2) is 47.9 Å². The molecule has 0 aromatic rings. The van der Waals surface area contributed by atoms with Gasteiger partial charge in [0, 0.05) is 24.0 Å². The minimum Gasteiger partial charge on any atom is -0.463 e. The van der Waals surface area contributed by atoms with Crippen LogP contribution in [0.3, 0.4) is 0 Å². The van der Waals surface area contributed by atoms with Crippen LogP contribution in [0.4, 0.5) is 0 Å². The molecule has 7 heteroatoms. The van der Waals surface area contributed by atoms with Gasteiger partial charge in [-0.15, -0.1) is 11.8 Å². The van der Waals surface area contributed by atoms with Gasteiger partial charge >= 0.3 is 5.97 Å². The summed E-state index contributed by atoms with van der Waals surface area (Å²) < 4.78 is 18.8. The number of carbonyl (C=O) groups is 1. The molecule has 3 saturated carbocycles. The molecule has 0 aromatic carbocycles. The topological polar surface area (TPSA) is 63.2 Å². The van der Waals surface area contributed by atoms with E-state index in [2.05, 4.69) is 19.9 Å². The van der Waals surface area contributed by atoms with E-state index < -0.39 is 5.79 Å². The molecule has 0 N–H and O–H groups in total. The van der Waals surface area contributed by atoms with Crippen LogP contribution in [0.25, 0.3) is 0 Å². The average Bonchev–Trinajstić information content (AvgIpc) is 3.09. The van der Waals surface area contributed by atoms with Gasteiger partial charge in [-0.1, -0.05) is 25.5 Å². The zero-order valence-corrected chi connectivity index (χ0v) is 23.9. The number of carbonyl (C=O) groups excluding carboxylic acids is 1. The lowest BCUT2D eigenvalue weighted by molar-refractivity contribution is -0.336. The zero-order chi connectivity index (χ0) is 25.8. The van der Waals surface area contributed by atoms with Gasteiger partial charge in [-0.3, -0.25) is 4.79 Å². The molecule has 0 aromatic heterocycles. The van der Waals surface area contributed by atoms with Gasteiger partial charge in [0.1, 0.15) is 12.0 Å². The number of thioether (sulfide) groups is 1. The molecule has 0 bridgehead atoms. The second kappa shape index (κ2) is 9.86. The Kier molecular flexibility index (Phi) is 7.39. The third-order valence-electron chi connectivity index (χ3n) is 10.00. The predicted octanol–water partition coefficient (Wildman–Crippen LogP) is 6.43. The van der Waals surface area contributed by atoms with Gasteiger partial charge in [-0.05, 0) is 88.9 Å². The minimum atomic E-state index is -0.509. The second-order valence-corrected chi connectivity index (χ2v) is 14.3. The maximum atomic E-state index is 11.6. The summed E-state index contributed by atoms with van der Waals surface area (Å²) in [7, 11) is 0. The first kappa shape index (κ1) is 27.0. The van der Waals surface area contributed by atoms with Crippen LogP contribution in [0.1, 0.15) is 92.9 Å². The van der Waals surface area contributed by atoms with Crippen molar-refractivity contribution in [1.82, 2.24) is 0 Å². The third kappa shape index (κ3) is 4.59. The fraction of sp³-hybridized carbons (Fsp3) is 0.897. The molecule has 1 unspecified atom stereocenters. The molecule has 0 radical (unpaired) electrons. The molecule has 5 aliphatic rings. The van der Waals surface area contributed by atoms with E-state index in [0.717, 1.165) is 51.7 Å². The van der Waals surface area contributed by atoms with E-state index >= 15 is 0 Å². The summed E-state index contributed by atoms with van der Waals surface area (Å²) in [6.45, 7) is 14.0. The van der Waals surface area contributed by atoms with Gasteiger partial charge in [0.25, 0.3) is 0 Å². The van der Waals surface area contributed by atoms with Gasteiger partial charge in [-0.25, -0.2) is 9.78 Å². The number of allylic oxidation sites excluding steroid dienone is 1. The summed E-state index contributed by atoms with van der Waals surface area (Å²) in [5, 5.41) is 0.222. The summed E-state index contributed by atoms with van der Waals surface area (Å²) in [5.74, 6) is 1.47. The Morgan fingerprint density at radius 2 is 1.86 bits per heavy atom. The summed E-state index contributed by atoms with van der Waals surface area (Å²) in [6, 6.07) is 0. The average molecular weight is 523 g/mol. The van der Waals surface area contributed by atoms with Crippen LogP contribution >= 0.6 is 11.8 Å². The quantitative estimate of drug-likeness (QED) is 0.103. The molecule has 1 spiro atoms. The highest BCUT2D eigenvalue weighted by Crippen LogP contribution is 2.69. The highest BCUT2D eigenvalue weighted by Gasteiger charge is 2.68. The van der Waals surface area contributed by atoms with Crippen molar-refractivity contribution in [2.24, 2.45) is 28.6 Å². The Hall–Kier alpha value is -0.600. The normalized spacial score (nSPS) is 41.7. The minimum absolute atomic E-state index is 0.0680. The van der Waals surface area contributed by atoms with Crippen LogP contribution < -0.4 is 0 Å². The van der Waals surface area contributed by atoms with Crippen LogP contribution in [-0.2, 0) is 28.8 Å². The molecule has 4 fully saturated rings. The molecule has 4 aliphatic carbocycles. The van der Waals surface area contributed by atoms with Crippen molar-refractivity contribution >= 4 is 17.7 Å². The van der Waals surface area contributed by atoms with Crippen molar-refractivity contribution in [3.8, 4) is 0 Å². The highest BCUT2D eigenvalue weighted by atomic mass is 32.2. The van der Waals surface area contributed by atoms with Gasteiger partial charge in [0.2, 0.25) is 0 Å². The predicted molar refractivity (Wildman–Crippen MR) is 140 cm³/mol. The van der Waals surface area contributed by atoms with Crippen molar-refractivity contribution in [1.29, 1.82) is 0 Å². The van der Waals surface area contributed by atoms with E-state index in [1.807, 2.05) is 32.5 Å². The van der Waals surface area contributed by atoms with Crippen LogP contribution in [0.15, 0.2) is 11.6 Å². The first-order valence-corrected chi connectivity index (χ1v) is 15.1. The SMILES string of the molecule is CC(=O)O[C@@H]1CC[C@]2(C)C3=CC(SCOOC(C)(C)C)[C@@]4(C)[C@@H](CCC45OCCCO5)[C@@H]3CC[C@@H]2C1. The second-order valence-electron chi connectivity index (χ2n) is 13.2. The molecule has 36 heavy (non-hydrogen) atoms. The van der Waals surface area contributed by atoms with Crippen LogP contribution in [0, 0.1) is 28.6 Å². The Balaban J connectivity index is 1.45. The van der Waals surface area contributed by atoms with Crippen molar-refractivity contribution < 1.29 is 28.8 Å². The molecule has 1 aliphatic heterocycles. The number of ether oxygens (including phenoxy) is 3. The summed E-state index contributed by atoms with van der Waals surface area (Å²) in [4.78, 5) is 22.9. The monoisotopic (exact) mass is 522 g/mol. The number of rotatable bonds is 5. The summed E-state index contributed by atoms with van der Waals surface area (Å²) >= 11 is 1.83. The van der Waals surface area contributed by atoms with Crippen molar-refractivity contribution in [2.75, 3.05) is 19.2 Å². The van der Waals surface area contributed by atoms with E-state index in [4.69, 9.17) is 24.0 Å². The largest absolute Gasteiger partial charge is 0.463 e. The number of esters is 1. The molecule has 204 valence electrons. The third-order valence-corrected chi connectivity index (χ3v) is 11.2. The fourth-order valence-corrected chi connectivity index (χ4v) is 9.54. The molecule has 0 amide bonds. The molecule has 1 saturated heterocycles. The Morgan fingerprint density at radius 3 is 2.56 bits per heavy atom. The van der Waals surface area contributed by atoms with Crippen molar-refractivity contribution in [3.63, 3.8) is 0 Å². The number of hydrogen-bond donors (Lipinski definition) is 0. The smallest absolute Gasteiger partial charge is 0.302 e. The van der Waals surface area contributed by atoms with Crippen molar-refractivity contribution in [3.05, 3.63) is 11.6 Å². The number of fused-ring (bicyclic) bond motifs is 6. The van der Waals surface area contributed by atoms with Gasteiger partial charge in [0.05, 0.1) is 18.8 Å². The molecule has 1 heterocycles. The maximum absolute atomic E-state index is 11.6. The molecular weight excluding hydrogens is 476 g/mol. The Labute approximate surface area is 221 Å². The fourth-order valence-electron chi connectivity index (χ4n) is 8.34. The standard InChI is InChI=1S/C29H46O6S/c1-19(30)34-21-10-12-27(5)20(16-21)8-9-22-23-11-13-29(31-14-7-15-32-29)28(23,6)25(17-24(22)27)36-18-33-35-26(2,3)4/h17,20-23,25H,7-16,18H2,1-6H3/t20-,21-,22+,23+,25?,27+,28-/m1/s1. The zero-order valence-electron chi connectivity index (χ0n) is 23.1. The lowest BCUT2D eigenvalue weighted by atomic mass is 9.49. The van der Waals surface area contributed by atoms with Crippen LogP contribution in [0.5, 0.6) is 0 Å². The first-order valence-electron chi connectivity index (χ1n) is 14.1. The first-order chi connectivity index (χ1) is 17.0. The van der Waals surface area contributed by atoms with E-state index in [-0.39, 0.29) is 33.8 Å². The lowest BCUT2D eigenvalue weighted by Gasteiger charge is -2.60. The molecule has 7 atom stereocenters. The summed E-state index contributed by atoms with van der Waals surface area (Å²) in [5.41, 5.74) is 1.35. The van der Waals surface area contributed by atoms with E-state index in [0.29, 0.717) is 23.7 Å². The summed E-state index contributed by atoms with van der Waals surface area (Å²) in [6.07, 6.45) is 11.2. The van der Waals surface area contributed by atoms with Gasteiger partial charge in [-0.2, -0.15) is 0 Å². The van der Waals surface area contributed by atoms with Gasteiger partial charge < -0.3 is 14.2 Å². The van der Waals surface area contributed by atoms with E-state index in [9.17, 15) is 4.79 Å². The van der Waals surface area contributed by atoms with E-state index in [1.165, 1.54) is 19.8 Å². The molecule has 5 rings (SSSR count).